The van der Waals surface area contributed by atoms with E-state index in [0.717, 1.165) is 0 Å². The summed E-state index contributed by atoms with van der Waals surface area (Å²) in [5.41, 5.74) is 5.27. The third-order valence-corrected chi connectivity index (χ3v) is 1.30. The molecule has 0 saturated carbocycles. The fraction of sp³-hybridized carbons (Fsp3) is 0.714. The number of ketones is 1. The van der Waals surface area contributed by atoms with E-state index in [9.17, 15) is 9.59 Å². The maximum absolute atomic E-state index is 10.9. The number of carbonyl (C=O) groups excluding carboxylic acids is 1. The Labute approximate surface area is 65.4 Å². The van der Waals surface area contributed by atoms with Crippen molar-refractivity contribution >= 4 is 11.8 Å². The SMILES string of the molecule is CCCC(=O)[C@@H](N)CC(=O)O. The Hall–Kier alpha value is -0.900. The first-order valence-electron chi connectivity index (χ1n) is 3.58. The van der Waals surface area contributed by atoms with Crippen LogP contribution < -0.4 is 5.73 Å². The molecule has 0 unspecified atom stereocenters. The molecule has 0 aliphatic carbocycles. The van der Waals surface area contributed by atoms with Gasteiger partial charge in [0.2, 0.25) is 0 Å². The minimum atomic E-state index is -1.03. The van der Waals surface area contributed by atoms with E-state index in [1.54, 1.807) is 0 Å². The van der Waals surface area contributed by atoms with E-state index in [1.165, 1.54) is 0 Å². The Morgan fingerprint density at radius 1 is 1.55 bits per heavy atom. The molecule has 4 nitrogen and oxygen atoms in total. The molecule has 0 amide bonds. The van der Waals surface area contributed by atoms with Gasteiger partial charge in [-0.3, -0.25) is 9.59 Å². The fourth-order valence-electron chi connectivity index (χ4n) is 0.734. The van der Waals surface area contributed by atoms with E-state index in [1.807, 2.05) is 6.92 Å². The van der Waals surface area contributed by atoms with Crippen molar-refractivity contribution < 1.29 is 14.7 Å². The van der Waals surface area contributed by atoms with Gasteiger partial charge in [0.05, 0.1) is 12.5 Å². The standard InChI is InChI=1S/C7H13NO3/c1-2-3-6(9)5(8)4-7(10)11/h5H,2-4,8H2,1H3,(H,10,11)/t5-/m0/s1. The highest BCUT2D eigenvalue weighted by Crippen LogP contribution is 1.97. The molecule has 64 valence electrons. The van der Waals surface area contributed by atoms with Gasteiger partial charge in [0.15, 0.2) is 0 Å². The lowest BCUT2D eigenvalue weighted by molar-refractivity contribution is -0.139. The Morgan fingerprint density at radius 2 is 2.09 bits per heavy atom. The third kappa shape index (κ3) is 4.50. The minimum absolute atomic E-state index is 0.171. The Balaban J connectivity index is 3.73. The smallest absolute Gasteiger partial charge is 0.305 e. The number of carboxylic acid groups (broad SMARTS) is 1. The monoisotopic (exact) mass is 159 g/mol. The molecule has 3 N–H and O–H groups in total. The number of aliphatic carboxylic acids is 1. The van der Waals surface area contributed by atoms with Crippen LogP contribution in [0.4, 0.5) is 0 Å². The summed E-state index contributed by atoms with van der Waals surface area (Å²) in [6.45, 7) is 1.85. The molecule has 0 aromatic carbocycles. The van der Waals surface area contributed by atoms with Crippen molar-refractivity contribution in [2.45, 2.75) is 32.2 Å². The first-order chi connectivity index (χ1) is 5.07. The molecular formula is C7H13NO3. The van der Waals surface area contributed by atoms with Gasteiger partial charge in [-0.15, -0.1) is 0 Å². The number of rotatable bonds is 5. The van der Waals surface area contributed by atoms with Crippen molar-refractivity contribution in [1.82, 2.24) is 0 Å². The number of Topliss-reactive ketones (excluding diaryl/α,β-unsaturated/α-hetero) is 1. The van der Waals surface area contributed by atoms with Crippen LogP contribution in [0.2, 0.25) is 0 Å². The van der Waals surface area contributed by atoms with Crippen LogP contribution in [0.1, 0.15) is 26.2 Å². The molecule has 4 heteroatoms. The van der Waals surface area contributed by atoms with E-state index in [-0.39, 0.29) is 12.2 Å². The summed E-state index contributed by atoms with van der Waals surface area (Å²) < 4.78 is 0. The van der Waals surface area contributed by atoms with Crippen LogP contribution in [-0.4, -0.2) is 22.9 Å². The van der Waals surface area contributed by atoms with E-state index in [2.05, 4.69) is 0 Å². The molecule has 0 bridgehead atoms. The number of carboxylic acids is 1. The Bertz CT molecular complexity index is 156. The van der Waals surface area contributed by atoms with Crippen molar-refractivity contribution in [2.24, 2.45) is 5.73 Å². The molecule has 0 saturated heterocycles. The van der Waals surface area contributed by atoms with Gasteiger partial charge in [0, 0.05) is 6.42 Å². The molecule has 0 aromatic rings. The van der Waals surface area contributed by atoms with E-state index < -0.39 is 12.0 Å². The molecule has 1 atom stereocenters. The Morgan fingerprint density at radius 3 is 2.45 bits per heavy atom. The average molecular weight is 159 g/mol. The molecule has 0 aromatic heterocycles. The first-order valence-corrected chi connectivity index (χ1v) is 3.58. The second kappa shape index (κ2) is 4.85. The van der Waals surface area contributed by atoms with Crippen LogP contribution in [0.25, 0.3) is 0 Å². The van der Waals surface area contributed by atoms with Gasteiger partial charge in [-0.25, -0.2) is 0 Å². The normalized spacial score (nSPS) is 12.5. The summed E-state index contributed by atoms with van der Waals surface area (Å²) in [5.74, 6) is -1.20. The molecule has 0 radical (unpaired) electrons. The van der Waals surface area contributed by atoms with Crippen LogP contribution >= 0.6 is 0 Å². The maximum Gasteiger partial charge on any atom is 0.305 e. The molecular weight excluding hydrogens is 146 g/mol. The van der Waals surface area contributed by atoms with Crippen LogP contribution in [-0.2, 0) is 9.59 Å². The predicted molar refractivity (Wildman–Crippen MR) is 40.1 cm³/mol. The van der Waals surface area contributed by atoms with Crippen molar-refractivity contribution in [1.29, 1.82) is 0 Å². The third-order valence-electron chi connectivity index (χ3n) is 1.30. The molecule has 0 aliphatic heterocycles. The summed E-state index contributed by atoms with van der Waals surface area (Å²) in [5, 5.41) is 8.27. The number of hydrogen-bond donors (Lipinski definition) is 2. The zero-order valence-corrected chi connectivity index (χ0v) is 6.54. The zero-order valence-electron chi connectivity index (χ0n) is 6.54. The molecule has 0 spiro atoms. The highest BCUT2D eigenvalue weighted by Gasteiger charge is 2.15. The maximum atomic E-state index is 10.9. The van der Waals surface area contributed by atoms with Gasteiger partial charge < -0.3 is 10.8 Å². The van der Waals surface area contributed by atoms with Crippen LogP contribution in [0.15, 0.2) is 0 Å². The van der Waals surface area contributed by atoms with E-state index in [0.29, 0.717) is 12.8 Å². The molecule has 0 aliphatic rings. The summed E-state index contributed by atoms with van der Waals surface area (Å²) in [7, 11) is 0. The Kier molecular flexibility index (Phi) is 4.45. The van der Waals surface area contributed by atoms with Gasteiger partial charge in [-0.2, -0.15) is 0 Å². The summed E-state index contributed by atoms with van der Waals surface area (Å²) >= 11 is 0. The number of carbonyl (C=O) groups is 2. The zero-order chi connectivity index (χ0) is 8.85. The largest absolute Gasteiger partial charge is 0.481 e. The van der Waals surface area contributed by atoms with E-state index in [4.69, 9.17) is 10.8 Å². The minimum Gasteiger partial charge on any atom is -0.481 e. The summed E-state index contributed by atoms with van der Waals surface area (Å²) in [4.78, 5) is 21.0. The highest BCUT2D eigenvalue weighted by molar-refractivity contribution is 5.87. The van der Waals surface area contributed by atoms with Gasteiger partial charge in [0.25, 0.3) is 0 Å². The second-order valence-electron chi connectivity index (χ2n) is 2.42. The topological polar surface area (TPSA) is 80.4 Å². The summed E-state index contributed by atoms with van der Waals surface area (Å²) in [6, 6.07) is -0.826. The van der Waals surface area contributed by atoms with Gasteiger partial charge in [-0.1, -0.05) is 6.92 Å². The fourth-order valence-corrected chi connectivity index (χ4v) is 0.734. The van der Waals surface area contributed by atoms with Crippen molar-refractivity contribution in [3.63, 3.8) is 0 Å². The predicted octanol–water partition coefficient (Wildman–Crippen LogP) is 0.158. The lowest BCUT2D eigenvalue weighted by Gasteiger charge is -2.05. The van der Waals surface area contributed by atoms with Crippen LogP contribution in [0, 0.1) is 0 Å². The number of hydrogen-bond acceptors (Lipinski definition) is 3. The van der Waals surface area contributed by atoms with Gasteiger partial charge >= 0.3 is 5.97 Å². The molecule has 0 fully saturated rings. The molecule has 0 rings (SSSR count). The average Bonchev–Trinajstić information content (AvgIpc) is 1.86. The lowest BCUT2D eigenvalue weighted by atomic mass is 10.1. The summed E-state index contributed by atoms with van der Waals surface area (Å²) in [6.07, 6.45) is 0.819. The number of nitrogens with two attached hydrogens (primary N) is 1. The van der Waals surface area contributed by atoms with E-state index >= 15 is 0 Å². The van der Waals surface area contributed by atoms with Crippen molar-refractivity contribution in [3.05, 3.63) is 0 Å². The molecule has 0 heterocycles. The quantitative estimate of drug-likeness (QED) is 0.598. The van der Waals surface area contributed by atoms with Gasteiger partial charge in [-0.05, 0) is 6.42 Å². The first kappa shape index (κ1) is 10.1. The van der Waals surface area contributed by atoms with Crippen LogP contribution in [0.5, 0.6) is 0 Å². The van der Waals surface area contributed by atoms with Crippen molar-refractivity contribution in [2.75, 3.05) is 0 Å². The molecule has 11 heavy (non-hydrogen) atoms. The lowest BCUT2D eigenvalue weighted by Crippen LogP contribution is -2.32. The van der Waals surface area contributed by atoms with Crippen LogP contribution in [0.3, 0.4) is 0 Å². The second-order valence-corrected chi connectivity index (χ2v) is 2.42. The van der Waals surface area contributed by atoms with Gasteiger partial charge in [0.1, 0.15) is 5.78 Å². The highest BCUT2D eigenvalue weighted by atomic mass is 16.4. The van der Waals surface area contributed by atoms with Crippen molar-refractivity contribution in [3.8, 4) is 0 Å².